The van der Waals surface area contributed by atoms with E-state index in [1.165, 1.54) is 12.4 Å². The van der Waals surface area contributed by atoms with E-state index in [1.54, 1.807) is 13.2 Å². The Kier molecular flexibility index (Phi) is 5.33. The minimum atomic E-state index is -1.34. The van der Waals surface area contributed by atoms with E-state index in [9.17, 15) is 0 Å². The Bertz CT molecular complexity index is 1070. The molecule has 0 bridgehead atoms. The fourth-order valence-electron chi connectivity index (χ4n) is 3.55. The lowest BCUT2D eigenvalue weighted by atomic mass is 9.85. The smallest absolute Gasteiger partial charge is 0.288 e. The number of alkyl halides is 1. The van der Waals surface area contributed by atoms with Crippen LogP contribution in [0.4, 0.5) is 21.8 Å². The number of nitrogens with one attached hydrogen (secondary N) is 2. The zero-order valence-corrected chi connectivity index (χ0v) is 16.8. The summed E-state index contributed by atoms with van der Waals surface area (Å²) in [6.07, 6.45) is 3.80. The standard InChI is InChI=1S/C21H22FN7O/c1-23-19-12-25-20(13-24-19)26-18-11-16(27-28-18)15-5-4-14(10-17(15)30-3)21(22)6-8-29(2)9-7-21/h4-5,10-13H,6-9H2,2-3H3,(H2,25,26,27,28). The zero-order valence-electron chi connectivity index (χ0n) is 16.8. The average Bonchev–Trinajstić information content (AvgIpc) is 3.24. The molecule has 154 valence electrons. The highest BCUT2D eigenvalue weighted by atomic mass is 19.1. The second-order valence-electron chi connectivity index (χ2n) is 7.35. The van der Waals surface area contributed by atoms with E-state index in [0.29, 0.717) is 35.8 Å². The molecule has 0 spiro atoms. The van der Waals surface area contributed by atoms with Gasteiger partial charge in [-0.3, -0.25) is 5.10 Å². The summed E-state index contributed by atoms with van der Waals surface area (Å²) in [4.78, 5) is 13.5. The molecule has 2 N–H and O–H groups in total. The number of rotatable bonds is 5. The molecule has 0 saturated carbocycles. The molecule has 9 heteroatoms. The molecule has 0 unspecified atom stereocenters. The van der Waals surface area contributed by atoms with Crippen LogP contribution >= 0.6 is 0 Å². The lowest BCUT2D eigenvalue weighted by Crippen LogP contribution is -2.38. The molecule has 1 aliphatic heterocycles. The minimum absolute atomic E-state index is 0.225. The van der Waals surface area contributed by atoms with Crippen LogP contribution < -0.4 is 10.1 Å². The molecule has 4 rings (SSSR count). The first kappa shape index (κ1) is 19.8. The van der Waals surface area contributed by atoms with E-state index in [2.05, 4.69) is 35.2 Å². The van der Waals surface area contributed by atoms with Gasteiger partial charge in [-0.05, 0) is 37.6 Å². The molecule has 3 heterocycles. The maximum atomic E-state index is 15.5. The number of piperidine rings is 1. The van der Waals surface area contributed by atoms with Crippen molar-refractivity contribution >= 4 is 17.5 Å². The fourth-order valence-corrected chi connectivity index (χ4v) is 3.55. The molecular weight excluding hydrogens is 385 g/mol. The van der Waals surface area contributed by atoms with Crippen LogP contribution in [0.25, 0.3) is 16.1 Å². The quantitative estimate of drug-likeness (QED) is 0.621. The summed E-state index contributed by atoms with van der Waals surface area (Å²) in [7, 11) is 3.59. The topological polar surface area (TPSA) is 83.3 Å². The molecule has 1 fully saturated rings. The van der Waals surface area contributed by atoms with Gasteiger partial charge in [-0.25, -0.2) is 9.37 Å². The maximum Gasteiger partial charge on any atom is 0.288 e. The molecule has 0 amide bonds. The molecule has 2 aromatic heterocycles. The third kappa shape index (κ3) is 3.95. The summed E-state index contributed by atoms with van der Waals surface area (Å²) in [5.74, 6) is 1.82. The van der Waals surface area contributed by atoms with Crippen LogP contribution in [0.2, 0.25) is 0 Å². The second kappa shape index (κ2) is 8.08. The summed E-state index contributed by atoms with van der Waals surface area (Å²) in [5.41, 5.74) is 0.815. The maximum absolute atomic E-state index is 15.5. The highest BCUT2D eigenvalue weighted by Gasteiger charge is 2.36. The van der Waals surface area contributed by atoms with Gasteiger partial charge in [-0.2, -0.15) is 5.10 Å². The van der Waals surface area contributed by atoms with Gasteiger partial charge in [0.2, 0.25) is 0 Å². The second-order valence-corrected chi connectivity index (χ2v) is 7.35. The van der Waals surface area contributed by atoms with Gasteiger partial charge >= 0.3 is 0 Å². The first-order chi connectivity index (χ1) is 14.5. The van der Waals surface area contributed by atoms with Gasteiger partial charge in [0, 0.05) is 24.7 Å². The van der Waals surface area contributed by atoms with Crippen LogP contribution in [-0.2, 0) is 5.67 Å². The van der Waals surface area contributed by atoms with E-state index in [0.717, 1.165) is 24.3 Å². The van der Waals surface area contributed by atoms with Crippen molar-refractivity contribution in [3.05, 3.63) is 53.6 Å². The summed E-state index contributed by atoms with van der Waals surface area (Å²) in [6, 6.07) is 7.27. The monoisotopic (exact) mass is 407 g/mol. The molecule has 1 saturated heterocycles. The SMILES string of the molecule is [C-]#[N+]c1cnc(Nc2cc(-c3ccc(C4(F)CCN(C)CC4)cc3OC)[nH]n2)cn1. The van der Waals surface area contributed by atoms with Gasteiger partial charge in [-0.15, -0.1) is 4.98 Å². The van der Waals surface area contributed by atoms with Gasteiger partial charge in [0.15, 0.2) is 17.8 Å². The molecule has 30 heavy (non-hydrogen) atoms. The fraction of sp³-hybridized carbons (Fsp3) is 0.333. The van der Waals surface area contributed by atoms with Crippen molar-refractivity contribution in [1.29, 1.82) is 0 Å². The van der Waals surface area contributed by atoms with Gasteiger partial charge in [-0.1, -0.05) is 12.6 Å². The van der Waals surface area contributed by atoms with Gasteiger partial charge in [0.25, 0.3) is 5.82 Å². The number of hydrogen-bond donors (Lipinski definition) is 2. The lowest BCUT2D eigenvalue weighted by Gasteiger charge is -2.35. The van der Waals surface area contributed by atoms with Crippen LogP contribution in [0.5, 0.6) is 5.75 Å². The third-order valence-electron chi connectivity index (χ3n) is 5.38. The number of methoxy groups -OCH3 is 1. The van der Waals surface area contributed by atoms with Gasteiger partial charge in [0.1, 0.15) is 11.4 Å². The Labute approximate surface area is 173 Å². The van der Waals surface area contributed by atoms with Crippen molar-refractivity contribution in [2.75, 3.05) is 32.6 Å². The van der Waals surface area contributed by atoms with Gasteiger partial charge in [0.05, 0.1) is 19.0 Å². The summed E-state index contributed by atoms with van der Waals surface area (Å²) in [5, 5.41) is 10.2. The molecule has 1 aromatic carbocycles. The van der Waals surface area contributed by atoms with E-state index in [-0.39, 0.29) is 5.82 Å². The third-order valence-corrected chi connectivity index (χ3v) is 5.38. The summed E-state index contributed by atoms with van der Waals surface area (Å²) < 4.78 is 21.0. The number of ether oxygens (including phenoxy) is 1. The summed E-state index contributed by atoms with van der Waals surface area (Å²) >= 11 is 0. The Morgan fingerprint density at radius 3 is 2.67 bits per heavy atom. The van der Waals surface area contributed by atoms with Crippen LogP contribution in [0.3, 0.4) is 0 Å². The molecule has 0 radical (unpaired) electrons. The molecule has 0 atom stereocenters. The Balaban J connectivity index is 1.56. The van der Waals surface area contributed by atoms with E-state index in [1.807, 2.05) is 25.2 Å². The van der Waals surface area contributed by atoms with Crippen LogP contribution in [0.15, 0.2) is 36.7 Å². The van der Waals surface area contributed by atoms with Crippen LogP contribution in [-0.4, -0.2) is 52.3 Å². The number of aromatic amines is 1. The van der Waals surface area contributed by atoms with E-state index < -0.39 is 5.67 Å². The first-order valence-electron chi connectivity index (χ1n) is 9.59. The molecular formula is C21H22FN7O. The van der Waals surface area contributed by atoms with Crippen LogP contribution in [0, 0.1) is 6.57 Å². The number of H-pyrrole nitrogens is 1. The lowest BCUT2D eigenvalue weighted by molar-refractivity contribution is 0.0672. The number of hydrogen-bond acceptors (Lipinski definition) is 6. The molecule has 0 aliphatic carbocycles. The first-order valence-corrected chi connectivity index (χ1v) is 9.59. The Morgan fingerprint density at radius 2 is 2.00 bits per heavy atom. The predicted molar refractivity (Wildman–Crippen MR) is 112 cm³/mol. The number of halogens is 1. The highest BCUT2D eigenvalue weighted by Crippen LogP contribution is 2.40. The molecule has 8 nitrogen and oxygen atoms in total. The largest absolute Gasteiger partial charge is 0.496 e. The van der Waals surface area contributed by atoms with Crippen molar-refractivity contribution < 1.29 is 9.13 Å². The van der Waals surface area contributed by atoms with Crippen molar-refractivity contribution in [3.8, 4) is 17.0 Å². The number of nitrogens with zero attached hydrogens (tertiary/aromatic N) is 5. The number of anilines is 2. The minimum Gasteiger partial charge on any atom is -0.496 e. The number of likely N-dealkylation sites (tertiary alicyclic amines) is 1. The van der Waals surface area contributed by atoms with Gasteiger partial charge < -0.3 is 19.8 Å². The Morgan fingerprint density at radius 1 is 1.20 bits per heavy atom. The normalized spacial score (nSPS) is 16.1. The predicted octanol–water partition coefficient (Wildman–Crippen LogP) is 4.06. The van der Waals surface area contributed by atoms with Crippen LogP contribution in [0.1, 0.15) is 18.4 Å². The van der Waals surface area contributed by atoms with Crippen molar-refractivity contribution in [3.63, 3.8) is 0 Å². The average molecular weight is 407 g/mol. The number of aromatic nitrogens is 4. The van der Waals surface area contributed by atoms with Crippen molar-refractivity contribution in [1.82, 2.24) is 25.1 Å². The van der Waals surface area contributed by atoms with E-state index >= 15 is 4.39 Å². The van der Waals surface area contributed by atoms with Crippen molar-refractivity contribution in [2.45, 2.75) is 18.5 Å². The Hall–Kier alpha value is -3.51. The molecule has 3 aromatic rings. The molecule has 1 aliphatic rings. The number of benzene rings is 1. The van der Waals surface area contributed by atoms with Crippen molar-refractivity contribution in [2.24, 2.45) is 0 Å². The zero-order chi connectivity index (χ0) is 21.1. The summed E-state index contributed by atoms with van der Waals surface area (Å²) in [6.45, 7) is 8.39. The van der Waals surface area contributed by atoms with E-state index in [4.69, 9.17) is 11.3 Å². The highest BCUT2D eigenvalue weighted by molar-refractivity contribution is 5.71.